The smallest absolute Gasteiger partial charge is 0.272 e. The number of aromatic amines is 3. The quantitative estimate of drug-likeness (QED) is 0.540. The number of hydrogen-bond acceptors (Lipinski definition) is 4. The fourth-order valence-electron chi connectivity index (χ4n) is 2.52. The van der Waals surface area contributed by atoms with Gasteiger partial charge in [-0.05, 0) is 36.3 Å². The molecule has 7 heteroatoms. The maximum Gasteiger partial charge on any atom is 0.272 e. The molecule has 0 aliphatic heterocycles. The molecule has 0 radical (unpaired) electrons. The number of nitrogens with one attached hydrogen (secondary N) is 3. The van der Waals surface area contributed by atoms with E-state index in [1.54, 1.807) is 24.5 Å². The number of aromatic hydroxyl groups is 1. The van der Waals surface area contributed by atoms with Gasteiger partial charge in [0.15, 0.2) is 0 Å². The van der Waals surface area contributed by atoms with Gasteiger partial charge < -0.3 is 20.1 Å². The van der Waals surface area contributed by atoms with E-state index in [-0.39, 0.29) is 16.4 Å². The summed E-state index contributed by atoms with van der Waals surface area (Å²) in [5.41, 5.74) is 1.31. The zero-order valence-electron chi connectivity index (χ0n) is 13.7. The van der Waals surface area contributed by atoms with Crippen LogP contribution in [0.25, 0.3) is 12.2 Å². The van der Waals surface area contributed by atoms with Crippen LogP contribution in [0.3, 0.4) is 0 Å². The first-order chi connectivity index (χ1) is 12.1. The van der Waals surface area contributed by atoms with Crippen LogP contribution in [0.1, 0.15) is 30.3 Å². The van der Waals surface area contributed by atoms with Crippen molar-refractivity contribution < 1.29 is 5.11 Å². The van der Waals surface area contributed by atoms with Gasteiger partial charge in [0.05, 0.1) is 12.0 Å². The third-order valence-corrected chi connectivity index (χ3v) is 3.70. The fraction of sp³-hybridized carbons (Fsp3) is 0.167. The molecule has 128 valence electrons. The molecule has 3 rings (SSSR count). The van der Waals surface area contributed by atoms with Gasteiger partial charge in [0, 0.05) is 5.69 Å². The second kappa shape index (κ2) is 7.04. The van der Waals surface area contributed by atoms with Gasteiger partial charge in [-0.1, -0.05) is 25.5 Å². The lowest BCUT2D eigenvalue weighted by Crippen LogP contribution is -2.46. The lowest BCUT2D eigenvalue weighted by molar-refractivity contribution is 0.475. The number of rotatable bonds is 4. The van der Waals surface area contributed by atoms with Crippen LogP contribution in [0, 0.1) is 0 Å². The molecule has 25 heavy (non-hydrogen) atoms. The van der Waals surface area contributed by atoms with Crippen LogP contribution in [-0.4, -0.2) is 25.0 Å². The van der Waals surface area contributed by atoms with E-state index in [4.69, 9.17) is 0 Å². The molecule has 0 spiro atoms. The fourth-order valence-corrected chi connectivity index (χ4v) is 2.52. The van der Waals surface area contributed by atoms with Crippen molar-refractivity contribution in [2.75, 3.05) is 0 Å². The molecular weight excluding hydrogens is 320 g/mol. The van der Waals surface area contributed by atoms with Crippen molar-refractivity contribution in [3.05, 3.63) is 78.9 Å². The number of nitrogens with zero attached hydrogens (tertiary/aromatic N) is 1. The van der Waals surface area contributed by atoms with Crippen LogP contribution in [-0.2, 0) is 6.42 Å². The van der Waals surface area contributed by atoms with Crippen molar-refractivity contribution in [3.8, 4) is 5.75 Å². The highest BCUT2D eigenvalue weighted by molar-refractivity contribution is 5.50. The Balaban J connectivity index is 2.10. The Hall–Kier alpha value is -3.35. The summed E-state index contributed by atoms with van der Waals surface area (Å²) >= 11 is 0. The summed E-state index contributed by atoms with van der Waals surface area (Å²) in [6.07, 6.45) is 6.36. The van der Waals surface area contributed by atoms with E-state index in [2.05, 4.69) is 19.9 Å². The summed E-state index contributed by atoms with van der Waals surface area (Å²) in [5.74, 6) is 0.0828. The average molecular weight is 338 g/mol. The van der Waals surface area contributed by atoms with Gasteiger partial charge in [0.1, 0.15) is 16.4 Å². The molecule has 0 amide bonds. The van der Waals surface area contributed by atoms with Gasteiger partial charge in [0.25, 0.3) is 11.1 Å². The van der Waals surface area contributed by atoms with Crippen molar-refractivity contribution >= 4 is 12.2 Å². The van der Waals surface area contributed by atoms with Gasteiger partial charge in [-0.2, -0.15) is 0 Å². The van der Waals surface area contributed by atoms with Crippen molar-refractivity contribution in [3.63, 3.8) is 0 Å². The van der Waals surface area contributed by atoms with Gasteiger partial charge in [-0.3, -0.25) is 9.59 Å². The van der Waals surface area contributed by atoms with E-state index < -0.39 is 11.1 Å². The first-order valence-electron chi connectivity index (χ1n) is 7.94. The van der Waals surface area contributed by atoms with Gasteiger partial charge >= 0.3 is 0 Å². The van der Waals surface area contributed by atoms with Crippen molar-refractivity contribution in [1.82, 2.24) is 19.9 Å². The van der Waals surface area contributed by atoms with Crippen molar-refractivity contribution in [2.45, 2.75) is 19.8 Å². The number of aryl methyl sites for hydroxylation is 1. The normalized spacial score (nSPS) is 12.7. The summed E-state index contributed by atoms with van der Waals surface area (Å²) in [7, 11) is 0. The van der Waals surface area contributed by atoms with E-state index in [1.165, 1.54) is 18.2 Å². The zero-order chi connectivity index (χ0) is 17.8. The largest absolute Gasteiger partial charge is 0.508 e. The van der Waals surface area contributed by atoms with Crippen LogP contribution in [0.4, 0.5) is 0 Å². The Morgan fingerprint density at radius 1 is 1.12 bits per heavy atom. The predicted octanol–water partition coefficient (Wildman–Crippen LogP) is 0.102. The molecule has 0 fully saturated rings. The van der Waals surface area contributed by atoms with E-state index in [0.717, 1.165) is 18.5 Å². The average Bonchev–Trinajstić information content (AvgIpc) is 3.00. The summed E-state index contributed by atoms with van der Waals surface area (Å²) in [4.78, 5) is 36.9. The number of hydrogen-bond donors (Lipinski definition) is 4. The van der Waals surface area contributed by atoms with Gasteiger partial charge in [-0.25, -0.2) is 4.98 Å². The molecule has 2 aromatic heterocycles. The number of imidazole rings is 1. The molecule has 4 N–H and O–H groups in total. The summed E-state index contributed by atoms with van der Waals surface area (Å²) in [6, 6.07) is 6.40. The van der Waals surface area contributed by atoms with Crippen LogP contribution >= 0.6 is 0 Å². The second-order valence-corrected chi connectivity index (χ2v) is 5.64. The number of H-pyrrole nitrogens is 3. The molecular formula is C18H18N4O3. The summed E-state index contributed by atoms with van der Waals surface area (Å²) in [5, 5.41) is 9.74. The standard InChI is InChI=1S/C18H18N4O3/c1-2-4-13-14(20-10-19-13)9-16-18(25)21-15(17(24)22-16)8-11-5-3-6-12(23)7-11/h3,5-10,23H,2,4H2,1H3,(H,19,20)(H,21,25)(H,22,24)/b15-8-,16-9-. The zero-order valence-corrected chi connectivity index (χ0v) is 13.7. The Bertz CT molecular complexity index is 1120. The Morgan fingerprint density at radius 3 is 2.52 bits per heavy atom. The minimum atomic E-state index is -0.429. The number of aromatic nitrogens is 4. The Labute approximate surface area is 142 Å². The van der Waals surface area contributed by atoms with E-state index in [9.17, 15) is 14.7 Å². The lowest BCUT2D eigenvalue weighted by atomic mass is 10.2. The van der Waals surface area contributed by atoms with Gasteiger partial charge in [0.2, 0.25) is 0 Å². The van der Waals surface area contributed by atoms with E-state index >= 15 is 0 Å². The highest BCUT2D eigenvalue weighted by Gasteiger charge is 2.03. The number of phenolic OH excluding ortho intramolecular Hbond substituents is 1. The molecule has 0 saturated carbocycles. The molecule has 0 aliphatic rings. The number of phenols is 1. The molecule has 0 atom stereocenters. The Morgan fingerprint density at radius 2 is 1.84 bits per heavy atom. The maximum atomic E-state index is 12.3. The minimum Gasteiger partial charge on any atom is -0.508 e. The van der Waals surface area contributed by atoms with Crippen LogP contribution < -0.4 is 21.8 Å². The SMILES string of the molecule is CCCc1[nH]cnc1/C=c1\[nH]c(=O)/c(=C/c2cccc(O)c2)[nH]c1=O. The molecule has 2 heterocycles. The first kappa shape index (κ1) is 16.5. The van der Waals surface area contributed by atoms with Crippen molar-refractivity contribution in [2.24, 2.45) is 0 Å². The van der Waals surface area contributed by atoms with Crippen LogP contribution in [0.2, 0.25) is 0 Å². The summed E-state index contributed by atoms with van der Waals surface area (Å²) < 4.78 is 0. The molecule has 0 aliphatic carbocycles. The third kappa shape index (κ3) is 3.77. The lowest BCUT2D eigenvalue weighted by Gasteiger charge is -1.96. The molecule has 0 unspecified atom stereocenters. The van der Waals surface area contributed by atoms with Crippen LogP contribution in [0.15, 0.2) is 40.2 Å². The highest BCUT2D eigenvalue weighted by Crippen LogP contribution is 2.10. The Kier molecular flexibility index (Phi) is 4.65. The van der Waals surface area contributed by atoms with E-state index in [1.807, 2.05) is 6.92 Å². The molecule has 7 nitrogen and oxygen atoms in total. The summed E-state index contributed by atoms with van der Waals surface area (Å²) in [6.45, 7) is 2.05. The maximum absolute atomic E-state index is 12.3. The molecule has 0 saturated heterocycles. The van der Waals surface area contributed by atoms with E-state index in [0.29, 0.717) is 11.3 Å². The highest BCUT2D eigenvalue weighted by atomic mass is 16.3. The van der Waals surface area contributed by atoms with Crippen molar-refractivity contribution in [1.29, 1.82) is 0 Å². The predicted molar refractivity (Wildman–Crippen MR) is 94.8 cm³/mol. The molecule has 1 aromatic carbocycles. The molecule has 3 aromatic rings. The third-order valence-electron chi connectivity index (χ3n) is 3.70. The monoisotopic (exact) mass is 338 g/mol. The van der Waals surface area contributed by atoms with Gasteiger partial charge in [-0.15, -0.1) is 0 Å². The topological polar surface area (TPSA) is 115 Å². The second-order valence-electron chi connectivity index (χ2n) is 5.64. The minimum absolute atomic E-state index is 0.0828. The van der Waals surface area contributed by atoms with Crippen LogP contribution in [0.5, 0.6) is 5.75 Å². The molecule has 0 bridgehead atoms. The number of benzene rings is 1. The first-order valence-corrected chi connectivity index (χ1v) is 7.94.